The molecule has 3 rings (SSSR count). The molecular weight excluding hydrogens is 421 g/mol. The van der Waals surface area contributed by atoms with Crippen molar-refractivity contribution in [3.8, 4) is 0 Å². The van der Waals surface area contributed by atoms with E-state index in [0.29, 0.717) is 12.5 Å². The molecule has 124 valence electrons. The molecule has 1 aliphatic heterocycles. The highest BCUT2D eigenvalue weighted by Gasteiger charge is 2.12. The summed E-state index contributed by atoms with van der Waals surface area (Å²) in [6, 6.07) is 10.4. The number of guanidine groups is 1. The van der Waals surface area contributed by atoms with Gasteiger partial charge in [-0.3, -0.25) is 0 Å². The van der Waals surface area contributed by atoms with Crippen LogP contribution in [-0.4, -0.2) is 45.0 Å². The second-order valence-corrected chi connectivity index (χ2v) is 6.46. The fourth-order valence-electron chi connectivity index (χ4n) is 2.46. The zero-order valence-corrected chi connectivity index (χ0v) is 16.1. The topological polar surface area (TPSA) is 59.4 Å². The fourth-order valence-corrected chi connectivity index (χ4v) is 3.36. The molecule has 0 amide bonds. The summed E-state index contributed by atoms with van der Waals surface area (Å²) in [5.41, 5.74) is 7.35. The molecule has 0 radical (unpaired) electrons. The summed E-state index contributed by atoms with van der Waals surface area (Å²) in [7, 11) is 0. The molecule has 1 aromatic carbocycles. The minimum atomic E-state index is 0. The second-order valence-electron chi connectivity index (χ2n) is 5.23. The average molecular weight is 443 g/mol. The first-order valence-electron chi connectivity index (χ1n) is 7.49. The van der Waals surface area contributed by atoms with Crippen LogP contribution >= 0.6 is 35.7 Å². The SMILES string of the molecule is I.NC(=NCc1nccn1Cc1ccccc1)N1CCSCC1. The number of imidazole rings is 1. The van der Waals surface area contributed by atoms with E-state index in [1.54, 1.807) is 0 Å². The molecule has 1 saturated heterocycles. The number of nitrogens with two attached hydrogens (primary N) is 1. The third kappa shape index (κ3) is 5.13. The maximum atomic E-state index is 6.10. The molecule has 0 spiro atoms. The first-order chi connectivity index (χ1) is 10.8. The van der Waals surface area contributed by atoms with Gasteiger partial charge in [-0.2, -0.15) is 11.8 Å². The lowest BCUT2D eigenvalue weighted by Crippen LogP contribution is -2.42. The number of halogens is 1. The highest BCUT2D eigenvalue weighted by Crippen LogP contribution is 2.10. The Kier molecular flexibility index (Phi) is 7.22. The summed E-state index contributed by atoms with van der Waals surface area (Å²) >= 11 is 1.97. The van der Waals surface area contributed by atoms with Gasteiger partial charge in [0.25, 0.3) is 0 Å². The number of rotatable bonds is 4. The number of hydrogen-bond donors (Lipinski definition) is 1. The maximum absolute atomic E-state index is 6.10. The standard InChI is InChI=1S/C16H21N5S.HI/c17-16(20-8-10-22-11-9-20)19-12-15-18-6-7-21(15)13-14-4-2-1-3-5-14;/h1-7H,8-13H2,(H2,17,19);1H. The number of benzene rings is 1. The Labute approximate surface area is 158 Å². The minimum Gasteiger partial charge on any atom is -0.370 e. The van der Waals surface area contributed by atoms with Gasteiger partial charge in [0.1, 0.15) is 12.4 Å². The molecule has 0 saturated carbocycles. The summed E-state index contributed by atoms with van der Waals surface area (Å²) in [6.45, 7) is 3.30. The van der Waals surface area contributed by atoms with Gasteiger partial charge in [0.15, 0.2) is 5.96 Å². The number of nitrogens with zero attached hydrogens (tertiary/aromatic N) is 4. The van der Waals surface area contributed by atoms with Crippen LogP contribution in [0.1, 0.15) is 11.4 Å². The van der Waals surface area contributed by atoms with Gasteiger partial charge in [-0.05, 0) is 5.56 Å². The van der Waals surface area contributed by atoms with Crippen molar-refractivity contribution >= 4 is 41.7 Å². The molecule has 2 N–H and O–H groups in total. The Morgan fingerprint density at radius 3 is 2.70 bits per heavy atom. The van der Waals surface area contributed by atoms with Crippen LogP contribution < -0.4 is 5.73 Å². The van der Waals surface area contributed by atoms with Gasteiger partial charge >= 0.3 is 0 Å². The van der Waals surface area contributed by atoms with Gasteiger partial charge in [-0.1, -0.05) is 30.3 Å². The van der Waals surface area contributed by atoms with Crippen LogP contribution in [0.5, 0.6) is 0 Å². The zero-order chi connectivity index (χ0) is 15.2. The van der Waals surface area contributed by atoms with Crippen molar-refractivity contribution < 1.29 is 0 Å². The molecule has 1 fully saturated rings. The number of thioether (sulfide) groups is 1. The van der Waals surface area contributed by atoms with E-state index in [0.717, 1.165) is 37.0 Å². The van der Waals surface area contributed by atoms with E-state index in [9.17, 15) is 0 Å². The van der Waals surface area contributed by atoms with Crippen molar-refractivity contribution in [2.75, 3.05) is 24.6 Å². The molecule has 23 heavy (non-hydrogen) atoms. The summed E-state index contributed by atoms with van der Waals surface area (Å²) in [5.74, 6) is 3.82. The third-order valence-electron chi connectivity index (χ3n) is 3.72. The van der Waals surface area contributed by atoms with Gasteiger partial charge in [0.05, 0.1) is 0 Å². The summed E-state index contributed by atoms with van der Waals surface area (Å²) in [6.07, 6.45) is 3.81. The summed E-state index contributed by atoms with van der Waals surface area (Å²) < 4.78 is 2.12. The van der Waals surface area contributed by atoms with E-state index in [1.165, 1.54) is 5.56 Å². The Hall–Kier alpha value is -1.22. The Morgan fingerprint density at radius 2 is 1.96 bits per heavy atom. The lowest BCUT2D eigenvalue weighted by Gasteiger charge is -2.27. The first kappa shape index (κ1) is 18.1. The molecule has 2 heterocycles. The molecule has 2 aromatic rings. The van der Waals surface area contributed by atoms with E-state index < -0.39 is 0 Å². The van der Waals surface area contributed by atoms with Gasteiger partial charge in [0.2, 0.25) is 0 Å². The van der Waals surface area contributed by atoms with E-state index in [2.05, 4.69) is 43.7 Å². The zero-order valence-electron chi connectivity index (χ0n) is 13.0. The van der Waals surface area contributed by atoms with Crippen molar-refractivity contribution in [2.24, 2.45) is 10.7 Å². The molecule has 0 atom stereocenters. The quantitative estimate of drug-likeness (QED) is 0.448. The van der Waals surface area contributed by atoms with Crippen LogP contribution in [0.15, 0.2) is 47.7 Å². The van der Waals surface area contributed by atoms with E-state index >= 15 is 0 Å². The minimum absolute atomic E-state index is 0. The van der Waals surface area contributed by atoms with Crippen molar-refractivity contribution in [1.29, 1.82) is 0 Å². The molecule has 0 unspecified atom stereocenters. The molecule has 0 bridgehead atoms. The predicted octanol–water partition coefficient (Wildman–Crippen LogP) is 2.41. The van der Waals surface area contributed by atoms with Crippen molar-refractivity contribution in [3.63, 3.8) is 0 Å². The van der Waals surface area contributed by atoms with Crippen LogP contribution in [0, 0.1) is 0 Å². The van der Waals surface area contributed by atoms with Crippen LogP contribution in [0.3, 0.4) is 0 Å². The molecule has 0 aliphatic carbocycles. The lowest BCUT2D eigenvalue weighted by atomic mass is 10.2. The number of aliphatic imine (C=N–C) groups is 1. The monoisotopic (exact) mass is 443 g/mol. The van der Waals surface area contributed by atoms with Gasteiger partial charge < -0.3 is 15.2 Å². The summed E-state index contributed by atoms with van der Waals surface area (Å²) in [5, 5.41) is 0. The van der Waals surface area contributed by atoms with Crippen molar-refractivity contribution in [1.82, 2.24) is 14.5 Å². The van der Waals surface area contributed by atoms with Crippen LogP contribution in [-0.2, 0) is 13.1 Å². The number of aromatic nitrogens is 2. The smallest absolute Gasteiger partial charge is 0.191 e. The first-order valence-corrected chi connectivity index (χ1v) is 8.65. The van der Waals surface area contributed by atoms with Crippen molar-refractivity contribution in [3.05, 3.63) is 54.1 Å². The largest absolute Gasteiger partial charge is 0.370 e. The number of hydrogen-bond acceptors (Lipinski definition) is 3. The molecule has 5 nitrogen and oxygen atoms in total. The average Bonchev–Trinajstić information content (AvgIpc) is 3.01. The third-order valence-corrected chi connectivity index (χ3v) is 4.66. The predicted molar refractivity (Wildman–Crippen MR) is 107 cm³/mol. The van der Waals surface area contributed by atoms with Gasteiger partial charge in [-0.15, -0.1) is 24.0 Å². The van der Waals surface area contributed by atoms with E-state index in [4.69, 9.17) is 5.73 Å². The van der Waals surface area contributed by atoms with Crippen LogP contribution in [0.2, 0.25) is 0 Å². The van der Waals surface area contributed by atoms with Gasteiger partial charge in [0, 0.05) is 43.5 Å². The van der Waals surface area contributed by atoms with Crippen LogP contribution in [0.25, 0.3) is 0 Å². The van der Waals surface area contributed by atoms with E-state index in [1.807, 2.05) is 30.2 Å². The molecule has 7 heteroatoms. The Balaban J connectivity index is 0.00000192. The molecule has 1 aromatic heterocycles. The highest BCUT2D eigenvalue weighted by atomic mass is 127. The lowest BCUT2D eigenvalue weighted by molar-refractivity contribution is 0.455. The van der Waals surface area contributed by atoms with Crippen LogP contribution in [0.4, 0.5) is 0 Å². The summed E-state index contributed by atoms with van der Waals surface area (Å²) in [4.78, 5) is 11.1. The maximum Gasteiger partial charge on any atom is 0.191 e. The second kappa shape index (κ2) is 9.17. The highest BCUT2D eigenvalue weighted by molar-refractivity contribution is 14.0. The Morgan fingerprint density at radius 1 is 1.22 bits per heavy atom. The van der Waals surface area contributed by atoms with Gasteiger partial charge in [-0.25, -0.2) is 9.98 Å². The Bertz CT molecular complexity index is 622. The van der Waals surface area contributed by atoms with Crippen molar-refractivity contribution in [2.45, 2.75) is 13.1 Å². The molecular formula is C16H22IN5S. The normalized spacial score (nSPS) is 15.3. The fraction of sp³-hybridized carbons (Fsp3) is 0.375. The van der Waals surface area contributed by atoms with E-state index in [-0.39, 0.29) is 24.0 Å². The molecule has 1 aliphatic rings.